The SMILES string of the molecule is O=C1C(=O)N(Cc2cnc(Cl)s2)c2c(Cl)cccc21. The van der Waals surface area contributed by atoms with E-state index in [9.17, 15) is 9.59 Å². The zero-order valence-electron chi connectivity index (χ0n) is 9.39. The van der Waals surface area contributed by atoms with E-state index in [1.807, 2.05) is 0 Å². The fourth-order valence-electron chi connectivity index (χ4n) is 1.98. The molecule has 0 unspecified atom stereocenters. The highest BCUT2D eigenvalue weighted by Gasteiger charge is 2.37. The molecular weight excluding hydrogens is 307 g/mol. The summed E-state index contributed by atoms with van der Waals surface area (Å²) >= 11 is 13.1. The molecule has 0 aliphatic carbocycles. The highest BCUT2D eigenvalue weighted by molar-refractivity contribution is 7.15. The van der Waals surface area contributed by atoms with E-state index in [1.54, 1.807) is 24.4 Å². The van der Waals surface area contributed by atoms with Crippen LogP contribution in [0.4, 0.5) is 5.69 Å². The number of carbonyl (C=O) groups is 2. The van der Waals surface area contributed by atoms with Gasteiger partial charge in [-0.05, 0) is 12.1 Å². The van der Waals surface area contributed by atoms with Gasteiger partial charge in [-0.15, -0.1) is 11.3 Å². The van der Waals surface area contributed by atoms with Crippen molar-refractivity contribution >= 4 is 51.9 Å². The summed E-state index contributed by atoms with van der Waals surface area (Å²) in [6, 6.07) is 4.90. The van der Waals surface area contributed by atoms with Crippen molar-refractivity contribution in [3.8, 4) is 0 Å². The van der Waals surface area contributed by atoms with Gasteiger partial charge in [0.2, 0.25) is 0 Å². The number of rotatable bonds is 2. The Bertz CT molecular complexity index is 699. The van der Waals surface area contributed by atoms with Crippen molar-refractivity contribution in [2.24, 2.45) is 0 Å². The summed E-state index contributed by atoms with van der Waals surface area (Å²) in [5.41, 5.74) is 0.803. The second-order valence-electron chi connectivity index (χ2n) is 3.94. The lowest BCUT2D eigenvalue weighted by Crippen LogP contribution is -2.28. The van der Waals surface area contributed by atoms with Gasteiger partial charge in [-0.2, -0.15) is 0 Å². The minimum absolute atomic E-state index is 0.242. The summed E-state index contributed by atoms with van der Waals surface area (Å²) in [6.07, 6.45) is 1.58. The number of Topliss-reactive ketones (excluding diaryl/α,β-unsaturated/α-hetero) is 1. The highest BCUT2D eigenvalue weighted by atomic mass is 35.5. The van der Waals surface area contributed by atoms with Gasteiger partial charge in [0.25, 0.3) is 11.7 Å². The van der Waals surface area contributed by atoms with Crippen molar-refractivity contribution in [3.05, 3.63) is 44.3 Å². The number of nitrogens with zero attached hydrogens (tertiary/aromatic N) is 2. The molecule has 4 nitrogen and oxygen atoms in total. The molecule has 2 aromatic rings. The molecule has 0 fully saturated rings. The van der Waals surface area contributed by atoms with Gasteiger partial charge < -0.3 is 0 Å². The summed E-state index contributed by atoms with van der Waals surface area (Å²) < 4.78 is 0.396. The van der Waals surface area contributed by atoms with Gasteiger partial charge in [0.1, 0.15) is 0 Å². The number of anilines is 1. The zero-order chi connectivity index (χ0) is 13.6. The molecule has 96 valence electrons. The van der Waals surface area contributed by atoms with Crippen molar-refractivity contribution in [1.29, 1.82) is 0 Å². The van der Waals surface area contributed by atoms with Crippen molar-refractivity contribution < 1.29 is 9.59 Å². The molecule has 3 rings (SSSR count). The third-order valence-electron chi connectivity index (χ3n) is 2.78. The molecule has 2 heterocycles. The Hall–Kier alpha value is -1.43. The van der Waals surface area contributed by atoms with Crippen LogP contribution in [0.15, 0.2) is 24.4 Å². The minimum atomic E-state index is -0.576. The van der Waals surface area contributed by atoms with Crippen LogP contribution in [0.2, 0.25) is 9.49 Å². The number of amides is 1. The summed E-state index contributed by atoms with van der Waals surface area (Å²) in [6.45, 7) is 0.242. The standard InChI is InChI=1S/C12H6Cl2N2O2S/c13-8-3-1-2-7-9(8)16(11(18)10(7)17)5-6-4-15-12(14)19-6/h1-4H,5H2. The smallest absolute Gasteiger partial charge is 0.298 e. The Balaban J connectivity index is 2.04. The monoisotopic (exact) mass is 312 g/mol. The van der Waals surface area contributed by atoms with Gasteiger partial charge in [-0.25, -0.2) is 4.98 Å². The normalized spacial score (nSPS) is 14.1. The molecule has 0 spiro atoms. The second kappa shape index (κ2) is 4.59. The molecule has 1 amide bonds. The van der Waals surface area contributed by atoms with Crippen LogP contribution in [0.1, 0.15) is 15.2 Å². The van der Waals surface area contributed by atoms with E-state index in [-0.39, 0.29) is 6.54 Å². The Kier molecular flexibility index (Phi) is 3.05. The number of thiazole rings is 1. The van der Waals surface area contributed by atoms with Crippen molar-refractivity contribution in [1.82, 2.24) is 4.98 Å². The first-order valence-electron chi connectivity index (χ1n) is 5.33. The largest absolute Gasteiger partial charge is 0.299 e. The fourth-order valence-corrected chi connectivity index (χ4v) is 3.22. The van der Waals surface area contributed by atoms with Crippen LogP contribution in [0.25, 0.3) is 0 Å². The first-order chi connectivity index (χ1) is 9.08. The third kappa shape index (κ3) is 2.04. The number of para-hydroxylation sites is 1. The average molecular weight is 313 g/mol. The maximum atomic E-state index is 12.0. The van der Waals surface area contributed by atoms with Crippen molar-refractivity contribution in [2.45, 2.75) is 6.54 Å². The predicted molar refractivity (Wildman–Crippen MR) is 74.1 cm³/mol. The number of halogens is 2. The molecule has 0 saturated heterocycles. The van der Waals surface area contributed by atoms with Crippen LogP contribution in [-0.4, -0.2) is 16.7 Å². The molecule has 1 aliphatic rings. The van der Waals surface area contributed by atoms with Crippen molar-refractivity contribution in [2.75, 3.05) is 4.90 Å². The van der Waals surface area contributed by atoms with E-state index in [1.165, 1.54) is 16.2 Å². The maximum absolute atomic E-state index is 12.0. The van der Waals surface area contributed by atoms with Gasteiger partial charge in [-0.3, -0.25) is 14.5 Å². The van der Waals surface area contributed by atoms with Gasteiger partial charge >= 0.3 is 0 Å². The molecule has 0 saturated carbocycles. The van der Waals surface area contributed by atoms with E-state index in [0.29, 0.717) is 20.7 Å². The zero-order valence-corrected chi connectivity index (χ0v) is 11.7. The number of hydrogen-bond acceptors (Lipinski definition) is 4. The molecule has 1 aromatic heterocycles. The van der Waals surface area contributed by atoms with Crippen LogP contribution in [-0.2, 0) is 11.3 Å². The van der Waals surface area contributed by atoms with Crippen LogP contribution in [0, 0.1) is 0 Å². The molecule has 0 bridgehead atoms. The molecule has 7 heteroatoms. The Morgan fingerprint density at radius 1 is 1.26 bits per heavy atom. The number of benzene rings is 1. The molecule has 0 radical (unpaired) electrons. The van der Waals surface area contributed by atoms with Crippen LogP contribution in [0.5, 0.6) is 0 Å². The molecular formula is C12H6Cl2N2O2S. The van der Waals surface area contributed by atoms with Crippen LogP contribution < -0.4 is 4.90 Å². The number of carbonyl (C=O) groups excluding carboxylic acids is 2. The molecule has 1 aromatic carbocycles. The van der Waals surface area contributed by atoms with E-state index < -0.39 is 11.7 Å². The highest BCUT2D eigenvalue weighted by Crippen LogP contribution is 2.37. The average Bonchev–Trinajstić information content (AvgIpc) is 2.89. The number of hydrogen-bond donors (Lipinski definition) is 0. The predicted octanol–water partition coefficient (Wildman–Crippen LogP) is 3.18. The van der Waals surface area contributed by atoms with Gasteiger partial charge in [0.05, 0.1) is 22.8 Å². The Labute approximate surface area is 122 Å². The Morgan fingerprint density at radius 3 is 2.74 bits per heavy atom. The topological polar surface area (TPSA) is 50.3 Å². The lowest BCUT2D eigenvalue weighted by Gasteiger charge is -2.16. The first-order valence-corrected chi connectivity index (χ1v) is 6.90. The Morgan fingerprint density at radius 2 is 2.05 bits per heavy atom. The number of aromatic nitrogens is 1. The quantitative estimate of drug-likeness (QED) is 0.800. The summed E-state index contributed by atoms with van der Waals surface area (Å²) in [5, 5.41) is 0.382. The van der Waals surface area contributed by atoms with Crippen molar-refractivity contribution in [3.63, 3.8) is 0 Å². The molecule has 19 heavy (non-hydrogen) atoms. The third-order valence-corrected chi connectivity index (χ3v) is 4.18. The number of fused-ring (bicyclic) bond motifs is 1. The summed E-state index contributed by atoms with van der Waals surface area (Å²) in [7, 11) is 0. The lowest BCUT2D eigenvalue weighted by molar-refractivity contribution is -0.114. The molecule has 0 atom stereocenters. The van der Waals surface area contributed by atoms with E-state index in [2.05, 4.69) is 4.98 Å². The van der Waals surface area contributed by atoms with Gasteiger partial charge in [0, 0.05) is 11.1 Å². The van der Waals surface area contributed by atoms with E-state index in [0.717, 1.165) is 4.88 Å². The van der Waals surface area contributed by atoms with Crippen LogP contribution in [0.3, 0.4) is 0 Å². The van der Waals surface area contributed by atoms with Gasteiger partial charge in [-0.1, -0.05) is 29.3 Å². The fraction of sp³-hybridized carbons (Fsp3) is 0.0833. The minimum Gasteiger partial charge on any atom is -0.298 e. The van der Waals surface area contributed by atoms with E-state index in [4.69, 9.17) is 23.2 Å². The van der Waals surface area contributed by atoms with Gasteiger partial charge in [0.15, 0.2) is 4.47 Å². The van der Waals surface area contributed by atoms with E-state index >= 15 is 0 Å². The lowest BCUT2D eigenvalue weighted by atomic mass is 10.1. The summed E-state index contributed by atoms with van der Waals surface area (Å²) in [4.78, 5) is 29.9. The molecule has 0 N–H and O–H groups in total. The number of ketones is 1. The van der Waals surface area contributed by atoms with Crippen LogP contribution >= 0.6 is 34.5 Å². The maximum Gasteiger partial charge on any atom is 0.299 e. The first kappa shape index (κ1) is 12.6. The molecule has 1 aliphatic heterocycles. The second-order valence-corrected chi connectivity index (χ2v) is 6.04. The summed E-state index contributed by atoms with van der Waals surface area (Å²) in [5.74, 6) is -1.11.